The van der Waals surface area contributed by atoms with Crippen LogP contribution in [0.3, 0.4) is 0 Å². The predicted octanol–water partition coefficient (Wildman–Crippen LogP) is 5.41. The molecule has 5 aliphatic rings. The van der Waals surface area contributed by atoms with Gasteiger partial charge in [-0.3, -0.25) is 14.5 Å². The van der Waals surface area contributed by atoms with Crippen LogP contribution in [0.25, 0.3) is 5.65 Å². The van der Waals surface area contributed by atoms with Crippen LogP contribution in [0.4, 0.5) is 10.1 Å². The molecule has 0 unspecified atom stereocenters. The zero-order chi connectivity index (χ0) is 32.2. The van der Waals surface area contributed by atoms with E-state index < -0.39 is 17.3 Å². The van der Waals surface area contributed by atoms with E-state index in [1.807, 2.05) is 36.2 Å². The summed E-state index contributed by atoms with van der Waals surface area (Å²) in [6, 6.07) is 9.05. The van der Waals surface area contributed by atoms with Gasteiger partial charge in [0.2, 0.25) is 5.91 Å². The third-order valence-corrected chi connectivity index (χ3v) is 11.7. The number of pyridine rings is 2. The number of rotatable bonds is 4. The highest BCUT2D eigenvalue weighted by Gasteiger charge is 2.67. The van der Waals surface area contributed by atoms with E-state index in [4.69, 9.17) is 32.9 Å². The van der Waals surface area contributed by atoms with Crippen LogP contribution in [0, 0.1) is 18.7 Å². The summed E-state index contributed by atoms with van der Waals surface area (Å²) in [6.45, 7) is 4.82. The molecule has 12 heteroatoms. The standard InChI is InChI=1S/C35H33Cl2FN6O3/c1-18-22(33(45)42-10-12-47-13-11-42)7-9-43-26-15-25-27(30(26)41-32(18)43)28(23-6-8-39-31(37)29(23)38)35(44(25)17-19-2-3-19)16-20-4-5-21(36)14-24(20)40-34(35)46/h4-9,14,19,25,27-28H,2-3,10-13,15-17H2,1H3,(H,40,46)/t25-,27+,28-,35+/m0/s1. The number of anilines is 1. The van der Waals surface area contributed by atoms with Gasteiger partial charge in [0.1, 0.15) is 11.2 Å². The molecule has 2 saturated heterocycles. The first-order valence-electron chi connectivity index (χ1n) is 16.3. The summed E-state index contributed by atoms with van der Waals surface area (Å²) in [6.07, 6.45) is 6.71. The molecule has 1 aromatic carbocycles. The normalized spacial score (nSPS) is 26.9. The highest BCUT2D eigenvalue weighted by atomic mass is 35.5. The Morgan fingerprint density at radius 2 is 1.98 bits per heavy atom. The number of benzene rings is 1. The molecule has 6 heterocycles. The number of carbonyl (C=O) groups excluding carboxylic acids is 2. The van der Waals surface area contributed by atoms with Crippen LogP contribution in [-0.4, -0.2) is 80.4 Å². The molecule has 3 aromatic heterocycles. The predicted molar refractivity (Wildman–Crippen MR) is 175 cm³/mol. The van der Waals surface area contributed by atoms with Crippen molar-refractivity contribution in [1.29, 1.82) is 0 Å². The number of carbonyl (C=O) groups is 2. The highest BCUT2D eigenvalue weighted by Crippen LogP contribution is 2.61. The summed E-state index contributed by atoms with van der Waals surface area (Å²) in [4.78, 5) is 41.7. The maximum absolute atomic E-state index is 16.3. The Balaban J connectivity index is 1.23. The van der Waals surface area contributed by atoms with Gasteiger partial charge >= 0.3 is 0 Å². The second kappa shape index (κ2) is 10.7. The van der Waals surface area contributed by atoms with Crippen molar-refractivity contribution in [2.75, 3.05) is 38.2 Å². The number of fused-ring (bicyclic) bond motifs is 6. The lowest BCUT2D eigenvalue weighted by Gasteiger charge is -2.46. The molecule has 4 aromatic rings. The van der Waals surface area contributed by atoms with Crippen molar-refractivity contribution in [2.45, 2.75) is 56.0 Å². The number of hydrogen-bond donors (Lipinski definition) is 1. The quantitative estimate of drug-likeness (QED) is 0.291. The minimum atomic E-state index is -1.09. The van der Waals surface area contributed by atoms with Crippen molar-refractivity contribution >= 4 is 46.4 Å². The Kier molecular flexibility index (Phi) is 6.74. The van der Waals surface area contributed by atoms with Gasteiger partial charge in [0.25, 0.3) is 5.91 Å². The SMILES string of the molecule is Cc1c(C(=O)N2CCOCC2)ccn2c3c(nc12)[C@@H]1[C@H](C3)N(CC2CC2)[C@]2(Cc3ccc(Cl)cc3NC2=O)[C@H]1c1ccnc(Cl)c1F. The van der Waals surface area contributed by atoms with Crippen molar-refractivity contribution in [1.82, 2.24) is 24.2 Å². The number of amides is 2. The lowest BCUT2D eigenvalue weighted by molar-refractivity contribution is -0.129. The van der Waals surface area contributed by atoms with Crippen molar-refractivity contribution in [3.63, 3.8) is 0 Å². The van der Waals surface area contributed by atoms with E-state index in [2.05, 4.69) is 19.6 Å². The van der Waals surface area contributed by atoms with Crippen LogP contribution in [0.5, 0.6) is 0 Å². The number of likely N-dealkylation sites (tertiary alicyclic amines) is 1. The summed E-state index contributed by atoms with van der Waals surface area (Å²) in [5, 5.41) is 3.50. The van der Waals surface area contributed by atoms with Crippen LogP contribution in [-0.2, 0) is 22.4 Å². The summed E-state index contributed by atoms with van der Waals surface area (Å²) >= 11 is 12.7. The summed E-state index contributed by atoms with van der Waals surface area (Å²) in [5.41, 5.74) is 4.92. The molecule has 9 rings (SSSR count). The highest BCUT2D eigenvalue weighted by molar-refractivity contribution is 6.31. The minimum Gasteiger partial charge on any atom is -0.378 e. The summed E-state index contributed by atoms with van der Waals surface area (Å²) < 4.78 is 23.8. The Hall–Kier alpha value is -3.57. The second-order valence-electron chi connectivity index (χ2n) is 13.6. The van der Waals surface area contributed by atoms with Crippen LogP contribution < -0.4 is 5.32 Å². The molecule has 9 nitrogen and oxygen atoms in total. The molecule has 1 spiro atoms. The average molecular weight is 676 g/mol. The van der Waals surface area contributed by atoms with Gasteiger partial charge in [-0.15, -0.1) is 0 Å². The molecule has 0 bridgehead atoms. The average Bonchev–Trinajstić information content (AvgIpc) is 3.64. The molecule has 2 amide bonds. The third-order valence-electron chi connectivity index (χ3n) is 11.2. The van der Waals surface area contributed by atoms with Crippen molar-refractivity contribution in [2.24, 2.45) is 5.92 Å². The number of halogens is 3. The number of nitrogens with zero attached hydrogens (tertiary/aromatic N) is 5. The molecule has 1 N–H and O–H groups in total. The molecular weight excluding hydrogens is 642 g/mol. The number of morpholine rings is 1. The lowest BCUT2D eigenvalue weighted by atomic mass is 9.69. The maximum atomic E-state index is 16.3. The Morgan fingerprint density at radius 1 is 1.17 bits per heavy atom. The largest absolute Gasteiger partial charge is 0.378 e. The summed E-state index contributed by atoms with van der Waals surface area (Å²) in [5.74, 6) is -1.23. The second-order valence-corrected chi connectivity index (χ2v) is 14.4. The molecule has 1 saturated carbocycles. The van der Waals surface area contributed by atoms with Crippen molar-refractivity contribution < 1.29 is 18.7 Å². The zero-order valence-corrected chi connectivity index (χ0v) is 27.3. The molecule has 2 aliphatic carbocycles. The van der Waals surface area contributed by atoms with Crippen LogP contribution in [0.2, 0.25) is 10.2 Å². The monoisotopic (exact) mass is 674 g/mol. The molecule has 242 valence electrons. The molecule has 3 fully saturated rings. The number of hydrogen-bond acceptors (Lipinski definition) is 6. The molecule has 4 atom stereocenters. The fourth-order valence-corrected chi connectivity index (χ4v) is 9.15. The number of imidazole rings is 1. The van der Waals surface area contributed by atoms with Gasteiger partial charge in [-0.05, 0) is 61.1 Å². The number of aryl methyl sites for hydroxylation is 1. The fraction of sp³-hybridized carbons (Fsp3) is 0.429. The first kappa shape index (κ1) is 29.6. The lowest BCUT2D eigenvalue weighted by Crippen LogP contribution is -2.61. The fourth-order valence-electron chi connectivity index (χ4n) is 8.81. The Morgan fingerprint density at radius 3 is 2.77 bits per heavy atom. The number of nitrogens with one attached hydrogen (secondary N) is 1. The number of ether oxygens (including phenoxy) is 1. The number of aromatic nitrogens is 3. The smallest absolute Gasteiger partial charge is 0.254 e. The van der Waals surface area contributed by atoms with E-state index in [0.717, 1.165) is 41.9 Å². The first-order chi connectivity index (χ1) is 22.8. The topological polar surface area (TPSA) is 92.1 Å². The van der Waals surface area contributed by atoms with Crippen LogP contribution in [0.1, 0.15) is 63.1 Å². The van der Waals surface area contributed by atoms with Crippen LogP contribution in [0.15, 0.2) is 42.7 Å². The minimum absolute atomic E-state index is 0.0335. The molecule has 3 aliphatic heterocycles. The van der Waals surface area contributed by atoms with Gasteiger partial charge < -0.3 is 19.4 Å². The van der Waals surface area contributed by atoms with E-state index in [0.29, 0.717) is 72.5 Å². The van der Waals surface area contributed by atoms with E-state index in [1.54, 1.807) is 12.1 Å². The van der Waals surface area contributed by atoms with E-state index in [9.17, 15) is 9.59 Å². The Labute approximate surface area is 281 Å². The molecule has 47 heavy (non-hydrogen) atoms. The van der Waals surface area contributed by atoms with Gasteiger partial charge in [0, 0.05) is 90.3 Å². The van der Waals surface area contributed by atoms with Gasteiger partial charge in [0.05, 0.1) is 18.9 Å². The zero-order valence-electron chi connectivity index (χ0n) is 25.8. The van der Waals surface area contributed by atoms with E-state index in [1.165, 1.54) is 6.20 Å². The maximum Gasteiger partial charge on any atom is 0.254 e. The van der Waals surface area contributed by atoms with Gasteiger partial charge in [-0.25, -0.2) is 14.4 Å². The van der Waals surface area contributed by atoms with Crippen molar-refractivity contribution in [3.8, 4) is 0 Å². The summed E-state index contributed by atoms with van der Waals surface area (Å²) in [7, 11) is 0. The van der Waals surface area contributed by atoms with E-state index >= 15 is 4.39 Å². The Bertz CT molecular complexity index is 1990. The molecule has 0 radical (unpaired) electrons. The van der Waals surface area contributed by atoms with Gasteiger partial charge in [0.15, 0.2) is 11.0 Å². The van der Waals surface area contributed by atoms with Gasteiger partial charge in [-0.2, -0.15) is 0 Å². The first-order valence-corrected chi connectivity index (χ1v) is 17.1. The van der Waals surface area contributed by atoms with Crippen molar-refractivity contribution in [3.05, 3.63) is 92.4 Å². The van der Waals surface area contributed by atoms with E-state index in [-0.39, 0.29) is 28.9 Å². The van der Waals surface area contributed by atoms with Crippen LogP contribution >= 0.6 is 23.2 Å². The molecular formula is C35H33Cl2FN6O3. The third kappa shape index (κ3) is 4.34. The van der Waals surface area contributed by atoms with Gasteiger partial charge in [-0.1, -0.05) is 29.3 Å².